The molecule has 1 atom stereocenters. The number of carbonyl (C=O) groups is 4. The fraction of sp³-hybridized carbons (Fsp3) is 0.905. The van der Waals surface area contributed by atoms with Gasteiger partial charge in [-0.25, -0.2) is 0 Å². The lowest BCUT2D eigenvalue weighted by atomic mass is 10.0. The SMILES string of the molecule is CCCCCCCCCCCCCCCC(=O)NCCOCCOCCC(=O)NCCOCCOCCC(=O)NCCCCC(NCC)C(=O)NC(C)(C)C. The van der Waals surface area contributed by atoms with Crippen LogP contribution in [0.15, 0.2) is 0 Å². The smallest absolute Gasteiger partial charge is 0.237 e. The summed E-state index contributed by atoms with van der Waals surface area (Å²) in [5, 5.41) is 14.9. The summed E-state index contributed by atoms with van der Waals surface area (Å²) in [5.74, 6) is -0.0807. The highest BCUT2D eigenvalue weighted by atomic mass is 16.5. The van der Waals surface area contributed by atoms with Crippen LogP contribution in [0.3, 0.4) is 0 Å². The van der Waals surface area contributed by atoms with Gasteiger partial charge in [0.25, 0.3) is 0 Å². The predicted octanol–water partition coefficient (Wildman–Crippen LogP) is 5.73. The number of hydrogen-bond donors (Lipinski definition) is 5. The van der Waals surface area contributed by atoms with Crippen LogP contribution in [0.25, 0.3) is 0 Å². The third kappa shape index (κ3) is 39.7. The number of amides is 4. The van der Waals surface area contributed by atoms with E-state index in [1.165, 1.54) is 70.6 Å². The first-order valence-electron chi connectivity index (χ1n) is 21.8. The van der Waals surface area contributed by atoms with Crippen LogP contribution in [0.5, 0.6) is 0 Å². The molecule has 5 N–H and O–H groups in total. The quantitative estimate of drug-likeness (QED) is 0.0489. The van der Waals surface area contributed by atoms with E-state index in [-0.39, 0.29) is 48.1 Å². The average Bonchev–Trinajstić information content (AvgIpc) is 3.14. The second-order valence-corrected chi connectivity index (χ2v) is 15.3. The Hall–Kier alpha value is -2.32. The Morgan fingerprint density at radius 1 is 0.473 bits per heavy atom. The standard InChI is InChI=1S/C42H83N5O8/c1-6-8-9-10-11-12-13-14-15-16-17-18-19-23-38(48)45-27-31-54-35-34-53-30-25-40(50)46-28-32-55-36-33-52-29-24-39(49)44-26-21-20-22-37(43-7-2)41(51)47-42(3,4)5/h37,43H,6-36H2,1-5H3,(H,44,49)(H,45,48)(H,46,50)(H,47,51). The molecule has 324 valence electrons. The van der Waals surface area contributed by atoms with Crippen molar-refractivity contribution in [2.45, 2.75) is 168 Å². The Balaban J connectivity index is 3.45. The van der Waals surface area contributed by atoms with Crippen LogP contribution in [0, 0.1) is 0 Å². The van der Waals surface area contributed by atoms with Gasteiger partial charge < -0.3 is 45.5 Å². The minimum atomic E-state index is -0.270. The van der Waals surface area contributed by atoms with Crippen molar-refractivity contribution in [2.24, 2.45) is 0 Å². The number of likely N-dealkylation sites (N-methyl/N-ethyl adjacent to an activating group) is 1. The summed E-state index contributed by atoms with van der Waals surface area (Å²) in [6.07, 6.45) is 20.3. The molecule has 4 amide bonds. The summed E-state index contributed by atoms with van der Waals surface area (Å²) in [5.41, 5.74) is -0.270. The van der Waals surface area contributed by atoms with Crippen molar-refractivity contribution in [1.29, 1.82) is 0 Å². The van der Waals surface area contributed by atoms with Crippen molar-refractivity contribution in [2.75, 3.05) is 79.0 Å². The van der Waals surface area contributed by atoms with Gasteiger partial charge in [-0.15, -0.1) is 0 Å². The monoisotopic (exact) mass is 786 g/mol. The maximum Gasteiger partial charge on any atom is 0.237 e. The molecule has 0 spiro atoms. The van der Waals surface area contributed by atoms with E-state index in [1.807, 2.05) is 27.7 Å². The first kappa shape index (κ1) is 52.7. The molecule has 13 heteroatoms. The van der Waals surface area contributed by atoms with Crippen molar-refractivity contribution in [1.82, 2.24) is 26.6 Å². The zero-order valence-corrected chi connectivity index (χ0v) is 35.8. The number of unbranched alkanes of at least 4 members (excludes halogenated alkanes) is 13. The first-order valence-corrected chi connectivity index (χ1v) is 21.8. The summed E-state index contributed by atoms with van der Waals surface area (Å²) >= 11 is 0. The topological polar surface area (TPSA) is 165 Å². The van der Waals surface area contributed by atoms with E-state index >= 15 is 0 Å². The van der Waals surface area contributed by atoms with E-state index in [0.29, 0.717) is 85.3 Å². The summed E-state index contributed by atoms with van der Waals surface area (Å²) in [4.78, 5) is 48.5. The van der Waals surface area contributed by atoms with Crippen LogP contribution >= 0.6 is 0 Å². The van der Waals surface area contributed by atoms with Gasteiger partial charge in [-0.05, 0) is 53.0 Å². The molecule has 0 aliphatic heterocycles. The molecule has 0 aliphatic rings. The zero-order valence-electron chi connectivity index (χ0n) is 35.8. The van der Waals surface area contributed by atoms with Crippen LogP contribution in [-0.4, -0.2) is 114 Å². The Bertz CT molecular complexity index is 934. The lowest BCUT2D eigenvalue weighted by Crippen LogP contribution is -2.50. The molecule has 0 fully saturated rings. The van der Waals surface area contributed by atoms with Gasteiger partial charge in [-0.1, -0.05) is 90.9 Å². The summed E-state index contributed by atoms with van der Waals surface area (Å²) < 4.78 is 21.9. The summed E-state index contributed by atoms with van der Waals surface area (Å²) in [6.45, 7) is 15.3. The van der Waals surface area contributed by atoms with Gasteiger partial charge in [-0.2, -0.15) is 0 Å². The Morgan fingerprint density at radius 3 is 1.35 bits per heavy atom. The van der Waals surface area contributed by atoms with Crippen molar-refractivity contribution >= 4 is 23.6 Å². The molecule has 55 heavy (non-hydrogen) atoms. The lowest BCUT2D eigenvalue weighted by Gasteiger charge is -2.25. The molecule has 0 aromatic carbocycles. The first-order chi connectivity index (χ1) is 26.6. The maximum absolute atomic E-state index is 12.4. The van der Waals surface area contributed by atoms with E-state index in [2.05, 4.69) is 33.5 Å². The second-order valence-electron chi connectivity index (χ2n) is 15.3. The van der Waals surface area contributed by atoms with Gasteiger partial charge in [0.05, 0.1) is 58.9 Å². The molecule has 0 aromatic rings. The van der Waals surface area contributed by atoms with Gasteiger partial charge >= 0.3 is 0 Å². The molecule has 0 bridgehead atoms. The number of rotatable bonds is 40. The molecular weight excluding hydrogens is 702 g/mol. The molecule has 1 unspecified atom stereocenters. The van der Waals surface area contributed by atoms with Crippen molar-refractivity contribution < 1.29 is 38.1 Å². The zero-order chi connectivity index (χ0) is 40.7. The van der Waals surface area contributed by atoms with Crippen LogP contribution in [-0.2, 0) is 38.1 Å². The number of ether oxygens (including phenoxy) is 4. The highest BCUT2D eigenvalue weighted by molar-refractivity contribution is 5.82. The predicted molar refractivity (Wildman–Crippen MR) is 221 cm³/mol. The molecule has 0 saturated carbocycles. The number of carbonyl (C=O) groups excluding carboxylic acids is 4. The molecule has 13 nitrogen and oxygen atoms in total. The van der Waals surface area contributed by atoms with E-state index < -0.39 is 0 Å². The third-order valence-corrected chi connectivity index (χ3v) is 8.84. The van der Waals surface area contributed by atoms with Crippen molar-refractivity contribution in [3.63, 3.8) is 0 Å². The van der Waals surface area contributed by atoms with Gasteiger partial charge in [-0.3, -0.25) is 19.2 Å². The van der Waals surface area contributed by atoms with Crippen LogP contribution in [0.4, 0.5) is 0 Å². The van der Waals surface area contributed by atoms with E-state index in [1.54, 1.807) is 0 Å². The highest BCUT2D eigenvalue weighted by Crippen LogP contribution is 2.13. The van der Waals surface area contributed by atoms with Gasteiger partial charge in [0.15, 0.2) is 0 Å². The largest absolute Gasteiger partial charge is 0.379 e. The maximum atomic E-state index is 12.4. The highest BCUT2D eigenvalue weighted by Gasteiger charge is 2.21. The molecule has 0 heterocycles. The normalized spacial score (nSPS) is 12.0. The van der Waals surface area contributed by atoms with E-state index in [0.717, 1.165) is 32.2 Å². The fourth-order valence-electron chi connectivity index (χ4n) is 5.80. The molecular formula is C42H83N5O8. The Morgan fingerprint density at radius 2 is 0.891 bits per heavy atom. The van der Waals surface area contributed by atoms with Crippen LogP contribution in [0.1, 0.15) is 157 Å². The van der Waals surface area contributed by atoms with Crippen LogP contribution in [0.2, 0.25) is 0 Å². The van der Waals surface area contributed by atoms with Gasteiger partial charge in [0.1, 0.15) is 0 Å². The van der Waals surface area contributed by atoms with E-state index in [9.17, 15) is 19.2 Å². The number of hydrogen-bond acceptors (Lipinski definition) is 9. The van der Waals surface area contributed by atoms with E-state index in [4.69, 9.17) is 18.9 Å². The summed E-state index contributed by atoms with van der Waals surface area (Å²) in [7, 11) is 0. The average molecular weight is 786 g/mol. The third-order valence-electron chi connectivity index (χ3n) is 8.84. The minimum Gasteiger partial charge on any atom is -0.379 e. The Labute approximate surface area is 335 Å². The molecule has 0 radical (unpaired) electrons. The lowest BCUT2D eigenvalue weighted by molar-refractivity contribution is -0.125. The molecule has 0 aliphatic carbocycles. The van der Waals surface area contributed by atoms with Gasteiger partial charge in [0.2, 0.25) is 23.6 Å². The minimum absolute atomic E-state index is 0.00807. The summed E-state index contributed by atoms with van der Waals surface area (Å²) in [6, 6.07) is -0.231. The Kier molecular flexibility index (Phi) is 36.9. The molecule has 0 saturated heterocycles. The van der Waals surface area contributed by atoms with Crippen molar-refractivity contribution in [3.8, 4) is 0 Å². The van der Waals surface area contributed by atoms with Gasteiger partial charge in [0, 0.05) is 44.4 Å². The number of nitrogens with one attached hydrogen (secondary N) is 5. The molecule has 0 rings (SSSR count). The van der Waals surface area contributed by atoms with Crippen LogP contribution < -0.4 is 26.6 Å². The molecule has 0 aromatic heterocycles. The fourth-order valence-corrected chi connectivity index (χ4v) is 5.80. The second kappa shape index (κ2) is 38.5. The van der Waals surface area contributed by atoms with Crippen molar-refractivity contribution in [3.05, 3.63) is 0 Å².